The van der Waals surface area contributed by atoms with Crippen molar-refractivity contribution in [2.45, 2.75) is 18.9 Å². The maximum Gasteiger partial charge on any atom is 0.162 e. The van der Waals surface area contributed by atoms with E-state index in [0.29, 0.717) is 5.82 Å². The van der Waals surface area contributed by atoms with Gasteiger partial charge in [-0.1, -0.05) is 6.07 Å². The van der Waals surface area contributed by atoms with Gasteiger partial charge in [-0.05, 0) is 17.7 Å². The van der Waals surface area contributed by atoms with Crippen molar-refractivity contribution >= 4 is 5.82 Å². The number of rotatable bonds is 4. The van der Waals surface area contributed by atoms with Crippen LogP contribution in [-0.4, -0.2) is 36.2 Å². The molecule has 1 aromatic carbocycles. The minimum absolute atomic E-state index is 0.157. The van der Waals surface area contributed by atoms with Crippen LogP contribution in [0.25, 0.3) is 11.1 Å². The van der Waals surface area contributed by atoms with Crippen LogP contribution in [-0.2, 0) is 11.8 Å². The summed E-state index contributed by atoms with van der Waals surface area (Å²) in [6, 6.07) is 5.82. The van der Waals surface area contributed by atoms with Gasteiger partial charge in [0.2, 0.25) is 0 Å². The number of aryl methyl sites for hydroxylation is 1. The summed E-state index contributed by atoms with van der Waals surface area (Å²) < 4.78 is 18.5. The molecule has 3 rings (SSSR count). The molecule has 1 aromatic heterocycles. The summed E-state index contributed by atoms with van der Waals surface area (Å²) >= 11 is 0. The summed E-state index contributed by atoms with van der Waals surface area (Å²) in [6.45, 7) is 1.48. The van der Waals surface area contributed by atoms with Crippen LogP contribution in [0, 0.1) is 0 Å². The third-order valence-corrected chi connectivity index (χ3v) is 3.92. The Balaban J connectivity index is 1.90. The summed E-state index contributed by atoms with van der Waals surface area (Å²) in [7, 11) is 3.46. The van der Waals surface area contributed by atoms with E-state index in [9.17, 15) is 0 Å². The van der Waals surface area contributed by atoms with E-state index in [4.69, 9.17) is 19.9 Å². The number of aromatic nitrogens is 2. The van der Waals surface area contributed by atoms with E-state index in [1.54, 1.807) is 18.0 Å². The second-order valence-corrected chi connectivity index (χ2v) is 5.36. The minimum Gasteiger partial charge on any atom is -0.493 e. The van der Waals surface area contributed by atoms with E-state index in [-0.39, 0.29) is 6.10 Å². The van der Waals surface area contributed by atoms with Crippen molar-refractivity contribution in [3.63, 3.8) is 0 Å². The molecule has 1 saturated heterocycles. The lowest BCUT2D eigenvalue weighted by Crippen LogP contribution is -2.26. The van der Waals surface area contributed by atoms with Crippen LogP contribution in [0.3, 0.4) is 0 Å². The normalized spacial score (nSPS) is 15.7. The van der Waals surface area contributed by atoms with Crippen LogP contribution in [0.1, 0.15) is 12.8 Å². The molecular weight excluding hydrogens is 282 g/mol. The van der Waals surface area contributed by atoms with Gasteiger partial charge in [0.25, 0.3) is 0 Å². The average molecular weight is 303 g/mol. The molecule has 2 aromatic rings. The lowest BCUT2D eigenvalue weighted by molar-refractivity contribution is 0.0246. The number of anilines is 1. The maximum atomic E-state index is 6.11. The number of hydrogen-bond acceptors (Lipinski definition) is 5. The van der Waals surface area contributed by atoms with Crippen LogP contribution in [0.5, 0.6) is 11.5 Å². The van der Waals surface area contributed by atoms with Crippen LogP contribution in [0.4, 0.5) is 5.82 Å². The number of nitrogens with zero attached hydrogens (tertiary/aromatic N) is 2. The summed E-state index contributed by atoms with van der Waals surface area (Å²) in [4.78, 5) is 0. The highest BCUT2D eigenvalue weighted by molar-refractivity contribution is 5.75. The predicted molar refractivity (Wildman–Crippen MR) is 84.1 cm³/mol. The highest BCUT2D eigenvalue weighted by Gasteiger charge is 2.18. The van der Waals surface area contributed by atoms with Crippen molar-refractivity contribution in [1.29, 1.82) is 0 Å². The van der Waals surface area contributed by atoms with Crippen LogP contribution in [0.15, 0.2) is 24.4 Å². The molecule has 118 valence electrons. The average Bonchev–Trinajstić information content (AvgIpc) is 2.88. The lowest BCUT2D eigenvalue weighted by atomic mass is 10.1. The van der Waals surface area contributed by atoms with Crippen molar-refractivity contribution in [3.05, 3.63) is 24.4 Å². The first-order valence-electron chi connectivity index (χ1n) is 7.39. The van der Waals surface area contributed by atoms with E-state index in [2.05, 4.69) is 5.10 Å². The molecule has 2 heterocycles. The Bertz CT molecular complexity index is 648. The van der Waals surface area contributed by atoms with Gasteiger partial charge < -0.3 is 19.9 Å². The van der Waals surface area contributed by atoms with Gasteiger partial charge in [-0.2, -0.15) is 5.10 Å². The van der Waals surface area contributed by atoms with Gasteiger partial charge in [-0.25, -0.2) is 0 Å². The van der Waals surface area contributed by atoms with Crippen LogP contribution >= 0.6 is 0 Å². The van der Waals surface area contributed by atoms with E-state index >= 15 is 0 Å². The second-order valence-electron chi connectivity index (χ2n) is 5.36. The number of methoxy groups -OCH3 is 1. The Morgan fingerprint density at radius 2 is 2.05 bits per heavy atom. The third kappa shape index (κ3) is 2.87. The fraction of sp³-hybridized carbons (Fsp3) is 0.438. The molecule has 1 fully saturated rings. The van der Waals surface area contributed by atoms with Gasteiger partial charge in [-0.3, -0.25) is 4.68 Å². The van der Waals surface area contributed by atoms with Gasteiger partial charge in [-0.15, -0.1) is 0 Å². The molecule has 0 bridgehead atoms. The minimum atomic E-state index is 0.157. The third-order valence-electron chi connectivity index (χ3n) is 3.92. The molecule has 22 heavy (non-hydrogen) atoms. The zero-order valence-corrected chi connectivity index (χ0v) is 12.9. The molecule has 0 radical (unpaired) electrons. The van der Waals surface area contributed by atoms with Gasteiger partial charge in [0.15, 0.2) is 11.5 Å². The Hall–Kier alpha value is -2.21. The van der Waals surface area contributed by atoms with Crippen molar-refractivity contribution in [3.8, 4) is 22.6 Å². The maximum absolute atomic E-state index is 6.11. The molecule has 0 amide bonds. The van der Waals surface area contributed by atoms with Crippen molar-refractivity contribution < 1.29 is 14.2 Å². The van der Waals surface area contributed by atoms with Crippen molar-refractivity contribution in [2.75, 3.05) is 26.1 Å². The van der Waals surface area contributed by atoms with Gasteiger partial charge in [0.05, 0.1) is 26.5 Å². The molecule has 0 atom stereocenters. The second kappa shape index (κ2) is 6.27. The summed E-state index contributed by atoms with van der Waals surface area (Å²) in [5.74, 6) is 2.08. The summed E-state index contributed by atoms with van der Waals surface area (Å²) in [5, 5.41) is 4.18. The molecule has 0 aliphatic carbocycles. The molecule has 0 unspecified atom stereocenters. The lowest BCUT2D eigenvalue weighted by Gasteiger charge is -2.24. The monoisotopic (exact) mass is 303 g/mol. The molecule has 1 aliphatic rings. The number of hydrogen-bond donors (Lipinski definition) is 1. The molecule has 2 N–H and O–H groups in total. The van der Waals surface area contributed by atoms with Crippen molar-refractivity contribution in [1.82, 2.24) is 9.78 Å². The van der Waals surface area contributed by atoms with Crippen molar-refractivity contribution in [2.24, 2.45) is 7.05 Å². The Labute approximate surface area is 129 Å². The SMILES string of the molecule is COc1ccc(-c2cnn(C)c2N)cc1OC1CCOCC1. The van der Waals surface area contributed by atoms with E-state index in [1.807, 2.05) is 25.2 Å². The van der Waals surface area contributed by atoms with Gasteiger partial charge in [0.1, 0.15) is 11.9 Å². The first-order chi connectivity index (χ1) is 10.7. The van der Waals surface area contributed by atoms with Crippen LogP contribution < -0.4 is 15.2 Å². The molecular formula is C16H21N3O3. The highest BCUT2D eigenvalue weighted by atomic mass is 16.5. The number of nitrogens with two attached hydrogens (primary N) is 1. The first kappa shape index (κ1) is 14.7. The Morgan fingerprint density at radius 3 is 2.68 bits per heavy atom. The topological polar surface area (TPSA) is 71.5 Å². The summed E-state index contributed by atoms with van der Waals surface area (Å²) in [5.41, 5.74) is 7.91. The fourth-order valence-electron chi connectivity index (χ4n) is 2.58. The number of benzene rings is 1. The molecule has 0 saturated carbocycles. The molecule has 1 aliphatic heterocycles. The zero-order chi connectivity index (χ0) is 15.5. The standard InChI is InChI=1S/C16H21N3O3/c1-19-16(17)13(10-18-19)11-3-4-14(20-2)15(9-11)22-12-5-7-21-8-6-12/h3-4,9-10,12H,5-8,17H2,1-2H3. The smallest absolute Gasteiger partial charge is 0.162 e. The van der Waals surface area contributed by atoms with E-state index in [1.165, 1.54) is 0 Å². The van der Waals surface area contributed by atoms with Gasteiger partial charge in [0, 0.05) is 25.5 Å². The molecule has 0 spiro atoms. The number of ether oxygens (including phenoxy) is 3. The fourth-order valence-corrected chi connectivity index (χ4v) is 2.58. The van der Waals surface area contributed by atoms with Gasteiger partial charge >= 0.3 is 0 Å². The first-order valence-corrected chi connectivity index (χ1v) is 7.39. The zero-order valence-electron chi connectivity index (χ0n) is 12.9. The largest absolute Gasteiger partial charge is 0.493 e. The Kier molecular flexibility index (Phi) is 4.20. The Morgan fingerprint density at radius 1 is 1.27 bits per heavy atom. The number of nitrogen functional groups attached to an aromatic ring is 1. The quantitative estimate of drug-likeness (QED) is 0.938. The van der Waals surface area contributed by atoms with E-state index in [0.717, 1.165) is 48.7 Å². The van der Waals surface area contributed by atoms with E-state index < -0.39 is 0 Å². The summed E-state index contributed by atoms with van der Waals surface area (Å²) in [6.07, 6.45) is 3.70. The highest BCUT2D eigenvalue weighted by Crippen LogP contribution is 2.35. The predicted octanol–water partition coefficient (Wildman–Crippen LogP) is 2.24. The molecule has 6 nitrogen and oxygen atoms in total. The van der Waals surface area contributed by atoms with Crippen LogP contribution in [0.2, 0.25) is 0 Å². The molecule has 6 heteroatoms.